The van der Waals surface area contributed by atoms with Crippen molar-refractivity contribution in [1.29, 1.82) is 0 Å². The molecule has 0 saturated carbocycles. The first kappa shape index (κ1) is 14.3. The average molecular weight is 272 g/mol. The molecule has 106 valence electrons. The molecule has 0 unspecified atom stereocenters. The van der Waals surface area contributed by atoms with Gasteiger partial charge in [0, 0.05) is 6.54 Å². The van der Waals surface area contributed by atoms with Gasteiger partial charge >= 0.3 is 0 Å². The molecule has 0 saturated heterocycles. The summed E-state index contributed by atoms with van der Waals surface area (Å²) in [6.45, 7) is 3.76. The van der Waals surface area contributed by atoms with E-state index in [9.17, 15) is 0 Å². The highest BCUT2D eigenvalue weighted by Gasteiger charge is 2.04. The number of nitrogens with one attached hydrogen (secondary N) is 1. The number of ether oxygens (including phenoxy) is 2. The van der Waals surface area contributed by atoms with Crippen LogP contribution in [0, 0.1) is 0 Å². The number of aromatic nitrogens is 1. The molecule has 0 amide bonds. The summed E-state index contributed by atoms with van der Waals surface area (Å²) in [4.78, 5) is 4.52. The molecule has 1 aromatic carbocycles. The van der Waals surface area contributed by atoms with Gasteiger partial charge in [0.05, 0.1) is 18.0 Å². The summed E-state index contributed by atoms with van der Waals surface area (Å²) in [5.74, 6) is 1.51. The Morgan fingerprint density at radius 2 is 1.65 bits per heavy atom. The third-order valence-corrected chi connectivity index (χ3v) is 2.75. The van der Waals surface area contributed by atoms with Crippen LogP contribution in [0.25, 0.3) is 0 Å². The molecule has 1 aromatic heterocycles. The maximum atomic E-state index is 5.80. The zero-order valence-electron chi connectivity index (χ0n) is 11.9. The number of pyridine rings is 1. The standard InChI is InChI=1S/C16H20N2O2/c1-3-19-15-9-4-5-10-16(15)20-12-14-8-6-7-13(18-14)11-17-2/h4-10,17H,3,11-12H2,1-2H3. The van der Waals surface area contributed by atoms with Crippen LogP contribution in [-0.4, -0.2) is 18.6 Å². The van der Waals surface area contributed by atoms with Crippen molar-refractivity contribution in [1.82, 2.24) is 10.3 Å². The monoisotopic (exact) mass is 272 g/mol. The molecule has 0 atom stereocenters. The largest absolute Gasteiger partial charge is 0.490 e. The van der Waals surface area contributed by atoms with E-state index in [0.29, 0.717) is 13.2 Å². The maximum absolute atomic E-state index is 5.80. The molecule has 1 heterocycles. The fraction of sp³-hybridized carbons (Fsp3) is 0.312. The van der Waals surface area contributed by atoms with Gasteiger partial charge in [0.2, 0.25) is 0 Å². The van der Waals surface area contributed by atoms with Gasteiger partial charge in [-0.1, -0.05) is 18.2 Å². The van der Waals surface area contributed by atoms with Crippen molar-refractivity contribution in [2.75, 3.05) is 13.7 Å². The van der Waals surface area contributed by atoms with Crippen LogP contribution in [0.4, 0.5) is 0 Å². The molecule has 1 N–H and O–H groups in total. The van der Waals surface area contributed by atoms with Crippen LogP contribution in [0.15, 0.2) is 42.5 Å². The third kappa shape index (κ3) is 3.96. The highest BCUT2D eigenvalue weighted by atomic mass is 16.5. The highest BCUT2D eigenvalue weighted by Crippen LogP contribution is 2.26. The van der Waals surface area contributed by atoms with E-state index in [1.807, 2.05) is 56.4 Å². The van der Waals surface area contributed by atoms with Crippen molar-refractivity contribution in [2.24, 2.45) is 0 Å². The third-order valence-electron chi connectivity index (χ3n) is 2.75. The van der Waals surface area contributed by atoms with Gasteiger partial charge < -0.3 is 14.8 Å². The van der Waals surface area contributed by atoms with E-state index in [4.69, 9.17) is 9.47 Å². The maximum Gasteiger partial charge on any atom is 0.161 e. The summed E-state index contributed by atoms with van der Waals surface area (Å²) in [5.41, 5.74) is 1.91. The second-order valence-corrected chi connectivity index (χ2v) is 4.32. The lowest BCUT2D eigenvalue weighted by molar-refractivity contribution is 0.266. The van der Waals surface area contributed by atoms with Crippen LogP contribution in [0.5, 0.6) is 11.5 Å². The predicted molar refractivity (Wildman–Crippen MR) is 78.9 cm³/mol. The Labute approximate surface area is 119 Å². The minimum absolute atomic E-state index is 0.432. The van der Waals surface area contributed by atoms with Gasteiger partial charge in [0.1, 0.15) is 6.61 Å². The van der Waals surface area contributed by atoms with Crippen LogP contribution >= 0.6 is 0 Å². The van der Waals surface area contributed by atoms with E-state index in [1.54, 1.807) is 0 Å². The van der Waals surface area contributed by atoms with Crippen LogP contribution in [0.1, 0.15) is 18.3 Å². The molecule has 4 heteroatoms. The van der Waals surface area contributed by atoms with Crippen LogP contribution in [0.3, 0.4) is 0 Å². The molecule has 0 bridgehead atoms. The van der Waals surface area contributed by atoms with E-state index in [-0.39, 0.29) is 0 Å². The quantitative estimate of drug-likeness (QED) is 0.841. The van der Waals surface area contributed by atoms with Gasteiger partial charge in [0.15, 0.2) is 11.5 Å². The lowest BCUT2D eigenvalue weighted by Gasteiger charge is -2.11. The predicted octanol–water partition coefficient (Wildman–Crippen LogP) is 2.78. The van der Waals surface area contributed by atoms with Crippen LogP contribution in [-0.2, 0) is 13.2 Å². The molecule has 0 fully saturated rings. The number of nitrogens with zero attached hydrogens (tertiary/aromatic N) is 1. The molecule has 20 heavy (non-hydrogen) atoms. The molecule has 0 aliphatic heterocycles. The Balaban J connectivity index is 2.03. The van der Waals surface area contributed by atoms with Crippen LogP contribution in [0.2, 0.25) is 0 Å². The van der Waals surface area contributed by atoms with Crippen molar-refractivity contribution in [3.05, 3.63) is 53.9 Å². The van der Waals surface area contributed by atoms with Gasteiger partial charge in [-0.3, -0.25) is 4.98 Å². The second-order valence-electron chi connectivity index (χ2n) is 4.32. The van der Waals surface area contributed by atoms with Crippen molar-refractivity contribution in [3.63, 3.8) is 0 Å². The number of rotatable bonds is 7. The molecular weight excluding hydrogens is 252 g/mol. The first-order chi connectivity index (χ1) is 9.83. The Bertz CT molecular complexity index is 544. The molecular formula is C16H20N2O2. The van der Waals surface area contributed by atoms with E-state index in [0.717, 1.165) is 29.4 Å². The molecule has 2 aromatic rings. The number of para-hydroxylation sites is 2. The van der Waals surface area contributed by atoms with Crippen molar-refractivity contribution in [3.8, 4) is 11.5 Å². The van der Waals surface area contributed by atoms with Crippen molar-refractivity contribution < 1.29 is 9.47 Å². The topological polar surface area (TPSA) is 43.4 Å². The van der Waals surface area contributed by atoms with Gasteiger partial charge in [-0.05, 0) is 38.2 Å². The van der Waals surface area contributed by atoms with Gasteiger partial charge in [-0.15, -0.1) is 0 Å². The molecule has 0 aliphatic rings. The summed E-state index contributed by atoms with van der Waals surface area (Å²) in [6.07, 6.45) is 0. The summed E-state index contributed by atoms with van der Waals surface area (Å²) in [7, 11) is 1.91. The van der Waals surface area contributed by atoms with E-state index >= 15 is 0 Å². The van der Waals surface area contributed by atoms with Crippen LogP contribution < -0.4 is 14.8 Å². The minimum Gasteiger partial charge on any atom is -0.490 e. The molecule has 4 nitrogen and oxygen atoms in total. The molecule has 0 radical (unpaired) electrons. The first-order valence-corrected chi connectivity index (χ1v) is 6.77. The van der Waals surface area contributed by atoms with Gasteiger partial charge in [0.25, 0.3) is 0 Å². The van der Waals surface area contributed by atoms with E-state index < -0.39 is 0 Å². The zero-order chi connectivity index (χ0) is 14.2. The zero-order valence-corrected chi connectivity index (χ0v) is 11.9. The van der Waals surface area contributed by atoms with Crippen molar-refractivity contribution in [2.45, 2.75) is 20.1 Å². The summed E-state index contributed by atoms with van der Waals surface area (Å²) in [5, 5.41) is 3.09. The normalized spacial score (nSPS) is 10.3. The minimum atomic E-state index is 0.432. The Kier molecular flexibility index (Phi) is 5.38. The fourth-order valence-corrected chi connectivity index (χ4v) is 1.89. The van der Waals surface area contributed by atoms with Gasteiger partial charge in [-0.2, -0.15) is 0 Å². The molecule has 0 spiro atoms. The molecule has 0 aliphatic carbocycles. The second kappa shape index (κ2) is 7.50. The average Bonchev–Trinajstić information content (AvgIpc) is 2.47. The highest BCUT2D eigenvalue weighted by molar-refractivity contribution is 5.39. The lowest BCUT2D eigenvalue weighted by Crippen LogP contribution is -2.08. The number of benzene rings is 1. The Morgan fingerprint density at radius 1 is 0.950 bits per heavy atom. The van der Waals surface area contributed by atoms with E-state index in [1.165, 1.54) is 0 Å². The smallest absolute Gasteiger partial charge is 0.161 e. The Morgan fingerprint density at radius 3 is 2.35 bits per heavy atom. The van der Waals surface area contributed by atoms with E-state index in [2.05, 4.69) is 10.3 Å². The SMILES string of the molecule is CCOc1ccccc1OCc1cccc(CNC)n1. The number of hydrogen-bond donors (Lipinski definition) is 1. The van der Waals surface area contributed by atoms with Gasteiger partial charge in [-0.25, -0.2) is 0 Å². The summed E-state index contributed by atoms with van der Waals surface area (Å²) >= 11 is 0. The summed E-state index contributed by atoms with van der Waals surface area (Å²) < 4.78 is 11.3. The number of hydrogen-bond acceptors (Lipinski definition) is 4. The first-order valence-electron chi connectivity index (χ1n) is 6.77. The summed E-state index contributed by atoms with van der Waals surface area (Å²) in [6, 6.07) is 13.6. The molecule has 2 rings (SSSR count). The fourth-order valence-electron chi connectivity index (χ4n) is 1.89. The Hall–Kier alpha value is -2.07. The van der Waals surface area contributed by atoms with Crippen molar-refractivity contribution >= 4 is 0 Å². The lowest BCUT2D eigenvalue weighted by atomic mass is 10.3.